The molecular weight excluding hydrogens is 330 g/mol. The molecule has 0 bridgehead atoms. The number of carboxylic acid groups (broad SMARTS) is 1. The van der Waals surface area contributed by atoms with E-state index in [1.165, 1.54) is 0 Å². The molecule has 0 spiro atoms. The Morgan fingerprint density at radius 1 is 1.32 bits per heavy atom. The van der Waals surface area contributed by atoms with Gasteiger partial charge in [0.1, 0.15) is 0 Å². The minimum atomic E-state index is -0.980. The van der Waals surface area contributed by atoms with Crippen molar-refractivity contribution in [1.29, 1.82) is 0 Å². The topological polar surface area (TPSA) is 50.2 Å². The Labute approximate surface area is 124 Å². The van der Waals surface area contributed by atoms with Gasteiger partial charge >= 0.3 is 5.97 Å². The van der Waals surface area contributed by atoms with Gasteiger partial charge in [-0.1, -0.05) is 48.3 Å². The molecule has 0 saturated carbocycles. The molecule has 3 nitrogen and oxygen atoms in total. The van der Waals surface area contributed by atoms with Crippen molar-refractivity contribution >= 4 is 44.4 Å². The van der Waals surface area contributed by atoms with E-state index < -0.39 is 5.97 Å². The number of halogens is 2. The summed E-state index contributed by atoms with van der Waals surface area (Å²) in [5.74, 6) is -0.980. The lowest BCUT2D eigenvalue weighted by Crippen LogP contribution is -2.15. The first kappa shape index (κ1) is 14.3. The van der Waals surface area contributed by atoms with Crippen LogP contribution in [0.1, 0.15) is 36.8 Å². The Hall–Kier alpha value is -1.13. The van der Waals surface area contributed by atoms with Gasteiger partial charge in [-0.25, -0.2) is 4.79 Å². The summed E-state index contributed by atoms with van der Waals surface area (Å²) in [4.78, 5) is 15.9. The maximum Gasteiger partial charge on any atom is 0.336 e. The third-order valence-electron chi connectivity index (χ3n) is 2.83. The molecule has 19 heavy (non-hydrogen) atoms. The molecule has 0 fully saturated rings. The molecule has 5 heteroatoms. The lowest BCUT2D eigenvalue weighted by Gasteiger charge is -2.19. The molecule has 0 unspecified atom stereocenters. The summed E-state index contributed by atoms with van der Waals surface area (Å²) in [6.07, 6.45) is 0. The molecule has 1 heterocycles. The van der Waals surface area contributed by atoms with Crippen LogP contribution < -0.4 is 0 Å². The van der Waals surface area contributed by atoms with E-state index in [-0.39, 0.29) is 11.0 Å². The molecule has 0 saturated heterocycles. The molecule has 0 atom stereocenters. The molecule has 100 valence electrons. The first-order valence-corrected chi connectivity index (χ1v) is 6.91. The number of hydrogen-bond donors (Lipinski definition) is 1. The van der Waals surface area contributed by atoms with Crippen LogP contribution in [-0.2, 0) is 5.41 Å². The van der Waals surface area contributed by atoms with E-state index in [2.05, 4.69) is 20.9 Å². The number of aromatic nitrogens is 1. The minimum absolute atomic E-state index is 0.220. The number of pyridine rings is 1. The van der Waals surface area contributed by atoms with Gasteiger partial charge in [-0.05, 0) is 18.2 Å². The summed E-state index contributed by atoms with van der Waals surface area (Å²) in [5, 5.41) is 10.4. The fraction of sp³-hybridized carbons (Fsp3) is 0.286. The monoisotopic (exact) mass is 341 g/mol. The highest BCUT2D eigenvalue weighted by Crippen LogP contribution is 2.32. The van der Waals surface area contributed by atoms with Crippen molar-refractivity contribution in [1.82, 2.24) is 4.98 Å². The SMILES string of the molecule is CC(C)(C)c1cc(C(=O)O)c2cc(Br)cc(Cl)c2n1. The maximum absolute atomic E-state index is 11.4. The summed E-state index contributed by atoms with van der Waals surface area (Å²) < 4.78 is 0.734. The van der Waals surface area contributed by atoms with Crippen LogP contribution in [0.25, 0.3) is 10.9 Å². The second-order valence-electron chi connectivity index (χ2n) is 5.39. The summed E-state index contributed by atoms with van der Waals surface area (Å²) in [7, 11) is 0. The number of rotatable bonds is 1. The van der Waals surface area contributed by atoms with Crippen molar-refractivity contribution in [3.63, 3.8) is 0 Å². The standard InChI is InChI=1S/C14H13BrClNO2/c1-14(2,3)11-6-9(13(18)19)8-4-7(15)5-10(16)12(8)17-11/h4-6H,1-3H3,(H,18,19). The smallest absolute Gasteiger partial charge is 0.336 e. The Morgan fingerprint density at radius 2 is 1.95 bits per heavy atom. The van der Waals surface area contributed by atoms with Crippen molar-refractivity contribution in [2.75, 3.05) is 0 Å². The molecule has 1 aromatic heterocycles. The third kappa shape index (κ3) is 2.74. The van der Waals surface area contributed by atoms with E-state index in [9.17, 15) is 9.90 Å². The van der Waals surface area contributed by atoms with E-state index in [0.717, 1.165) is 4.47 Å². The maximum atomic E-state index is 11.4. The van der Waals surface area contributed by atoms with Gasteiger partial charge in [-0.3, -0.25) is 4.98 Å². The highest BCUT2D eigenvalue weighted by Gasteiger charge is 2.21. The minimum Gasteiger partial charge on any atom is -0.478 e. The Morgan fingerprint density at radius 3 is 2.47 bits per heavy atom. The molecule has 2 aromatic rings. The van der Waals surface area contributed by atoms with Crippen LogP contribution in [-0.4, -0.2) is 16.1 Å². The predicted molar refractivity (Wildman–Crippen MR) is 80.1 cm³/mol. The number of fused-ring (bicyclic) bond motifs is 1. The highest BCUT2D eigenvalue weighted by atomic mass is 79.9. The second-order valence-corrected chi connectivity index (χ2v) is 6.72. The number of carboxylic acids is 1. The van der Waals surface area contributed by atoms with Gasteiger partial charge < -0.3 is 5.11 Å². The van der Waals surface area contributed by atoms with Gasteiger partial charge in [-0.15, -0.1) is 0 Å². The number of aromatic carboxylic acids is 1. The van der Waals surface area contributed by atoms with Crippen molar-refractivity contribution < 1.29 is 9.90 Å². The Kier molecular flexibility index (Phi) is 3.58. The molecule has 0 aliphatic heterocycles. The van der Waals surface area contributed by atoms with Crippen LogP contribution in [0.3, 0.4) is 0 Å². The van der Waals surface area contributed by atoms with Crippen molar-refractivity contribution in [3.05, 3.63) is 39.0 Å². The zero-order valence-electron chi connectivity index (χ0n) is 10.8. The molecule has 1 N–H and O–H groups in total. The van der Waals surface area contributed by atoms with Crippen LogP contribution in [0.15, 0.2) is 22.7 Å². The largest absolute Gasteiger partial charge is 0.478 e. The fourth-order valence-electron chi connectivity index (χ4n) is 1.81. The van der Waals surface area contributed by atoms with Gasteiger partial charge in [-0.2, -0.15) is 0 Å². The van der Waals surface area contributed by atoms with Crippen LogP contribution >= 0.6 is 27.5 Å². The third-order valence-corrected chi connectivity index (χ3v) is 3.58. The first-order valence-electron chi connectivity index (χ1n) is 5.73. The summed E-state index contributed by atoms with van der Waals surface area (Å²) in [6.45, 7) is 5.96. The fourth-order valence-corrected chi connectivity index (χ4v) is 2.66. The van der Waals surface area contributed by atoms with Crippen LogP contribution in [0.4, 0.5) is 0 Å². The van der Waals surface area contributed by atoms with Gasteiger partial charge in [0.2, 0.25) is 0 Å². The first-order chi connectivity index (χ1) is 8.70. The quantitative estimate of drug-likeness (QED) is 0.821. The molecule has 0 aliphatic rings. The summed E-state index contributed by atoms with van der Waals surface area (Å²) >= 11 is 9.49. The van der Waals surface area contributed by atoms with Crippen LogP contribution in [0, 0.1) is 0 Å². The summed E-state index contributed by atoms with van der Waals surface area (Å²) in [5.41, 5.74) is 1.21. The zero-order valence-corrected chi connectivity index (χ0v) is 13.1. The normalized spacial score (nSPS) is 11.8. The van der Waals surface area contributed by atoms with Crippen molar-refractivity contribution in [2.24, 2.45) is 0 Å². The number of hydrogen-bond acceptors (Lipinski definition) is 2. The van der Waals surface area contributed by atoms with E-state index in [1.807, 2.05) is 20.8 Å². The van der Waals surface area contributed by atoms with Crippen molar-refractivity contribution in [3.8, 4) is 0 Å². The number of carbonyl (C=O) groups is 1. The summed E-state index contributed by atoms with van der Waals surface area (Å²) in [6, 6.07) is 5.06. The lowest BCUT2D eigenvalue weighted by atomic mass is 9.90. The second kappa shape index (κ2) is 4.76. The van der Waals surface area contributed by atoms with Gasteiger partial charge in [0.05, 0.1) is 16.1 Å². The van der Waals surface area contributed by atoms with Gasteiger partial charge in [0, 0.05) is 21.0 Å². The molecular formula is C14H13BrClNO2. The Balaban J connectivity index is 2.92. The van der Waals surface area contributed by atoms with E-state index in [0.29, 0.717) is 21.6 Å². The molecule has 0 radical (unpaired) electrons. The zero-order chi connectivity index (χ0) is 14.4. The number of benzene rings is 1. The predicted octanol–water partition coefficient (Wildman–Crippen LogP) is 4.65. The average molecular weight is 343 g/mol. The van der Waals surface area contributed by atoms with E-state index in [1.54, 1.807) is 18.2 Å². The number of nitrogens with zero attached hydrogens (tertiary/aromatic N) is 1. The van der Waals surface area contributed by atoms with Gasteiger partial charge in [0.25, 0.3) is 0 Å². The molecule has 0 aliphatic carbocycles. The lowest BCUT2D eigenvalue weighted by molar-refractivity contribution is 0.0699. The molecule has 0 amide bonds. The van der Waals surface area contributed by atoms with Gasteiger partial charge in [0.15, 0.2) is 0 Å². The van der Waals surface area contributed by atoms with Crippen LogP contribution in [0.2, 0.25) is 5.02 Å². The van der Waals surface area contributed by atoms with Crippen LogP contribution in [0.5, 0.6) is 0 Å². The average Bonchev–Trinajstić information content (AvgIpc) is 2.25. The Bertz CT molecular complexity index is 677. The van der Waals surface area contributed by atoms with E-state index >= 15 is 0 Å². The van der Waals surface area contributed by atoms with E-state index in [4.69, 9.17) is 11.6 Å². The highest BCUT2D eigenvalue weighted by molar-refractivity contribution is 9.10. The molecule has 1 aromatic carbocycles. The van der Waals surface area contributed by atoms with Crippen molar-refractivity contribution in [2.45, 2.75) is 26.2 Å². The molecule has 2 rings (SSSR count).